The first kappa shape index (κ1) is 17.1. The number of nitrogens with zero attached hydrogens (tertiary/aromatic N) is 1. The lowest BCUT2D eigenvalue weighted by Gasteiger charge is -2.49. The zero-order valence-electron chi connectivity index (χ0n) is 14.0. The molecule has 0 spiro atoms. The summed E-state index contributed by atoms with van der Waals surface area (Å²) in [7, 11) is 0. The molecular weight excluding hydrogens is 318 g/mol. The van der Waals surface area contributed by atoms with Gasteiger partial charge in [-0.15, -0.1) is 0 Å². The Bertz CT molecular complexity index is 570. The molecule has 3 atom stereocenters. The van der Waals surface area contributed by atoms with Gasteiger partial charge in [-0.25, -0.2) is 8.78 Å². The summed E-state index contributed by atoms with van der Waals surface area (Å²) in [6.45, 7) is 8.08. The molecule has 0 aromatic heterocycles. The number of nitrogens with one attached hydrogen (secondary N) is 1. The van der Waals surface area contributed by atoms with Crippen LogP contribution in [0.1, 0.15) is 43.9 Å². The molecule has 1 aromatic rings. The van der Waals surface area contributed by atoms with Crippen molar-refractivity contribution in [2.24, 2.45) is 5.92 Å². The summed E-state index contributed by atoms with van der Waals surface area (Å²) in [6.07, 6.45) is -0.0191. The summed E-state index contributed by atoms with van der Waals surface area (Å²) in [6, 6.07) is 6.74. The topological polar surface area (TPSA) is 15.3 Å². The van der Waals surface area contributed by atoms with Gasteiger partial charge in [0.1, 0.15) is 0 Å². The van der Waals surface area contributed by atoms with Crippen LogP contribution in [-0.2, 0) is 0 Å². The van der Waals surface area contributed by atoms with Gasteiger partial charge >= 0.3 is 0 Å². The van der Waals surface area contributed by atoms with Crippen LogP contribution in [-0.4, -0.2) is 36.0 Å². The molecular formula is C18H25ClF2N2. The Labute approximate surface area is 142 Å². The normalized spacial score (nSPS) is 30.0. The second-order valence-corrected chi connectivity index (χ2v) is 7.74. The molecule has 0 bridgehead atoms. The molecule has 1 unspecified atom stereocenters. The van der Waals surface area contributed by atoms with Gasteiger partial charge in [0, 0.05) is 49.1 Å². The lowest BCUT2D eigenvalue weighted by molar-refractivity contribution is -0.137. The van der Waals surface area contributed by atoms with Gasteiger partial charge in [-0.2, -0.15) is 0 Å². The minimum absolute atomic E-state index is 0.00955. The summed E-state index contributed by atoms with van der Waals surface area (Å²) < 4.78 is 27.0. The van der Waals surface area contributed by atoms with E-state index in [0.717, 1.165) is 29.2 Å². The molecule has 1 heterocycles. The number of aryl methyl sites for hydroxylation is 1. The highest BCUT2D eigenvalue weighted by Crippen LogP contribution is 2.51. The molecule has 128 valence electrons. The Morgan fingerprint density at radius 1 is 1.30 bits per heavy atom. The van der Waals surface area contributed by atoms with Crippen molar-refractivity contribution in [2.45, 2.75) is 57.7 Å². The molecule has 1 aromatic carbocycles. The van der Waals surface area contributed by atoms with E-state index in [9.17, 15) is 8.78 Å². The Hall–Kier alpha value is -0.710. The lowest BCUT2D eigenvalue weighted by Crippen LogP contribution is -2.58. The summed E-state index contributed by atoms with van der Waals surface area (Å²) in [5.41, 5.74) is 2.13. The number of piperazine rings is 1. The summed E-state index contributed by atoms with van der Waals surface area (Å²) >= 11 is 6.15. The van der Waals surface area contributed by atoms with Gasteiger partial charge in [-0.1, -0.05) is 23.7 Å². The van der Waals surface area contributed by atoms with Crippen molar-refractivity contribution < 1.29 is 8.78 Å². The number of alkyl halides is 2. The van der Waals surface area contributed by atoms with E-state index in [0.29, 0.717) is 12.1 Å². The standard InChI is InChI=1S/C18H25ClF2N2/c1-11-6-14(4-5-16(11)19)17(15-7-18(20,21)8-15)23-10-12(2)22-9-13(23)3/h4-6,12-13,15,17,22H,7-10H2,1-3H3/t12-,13+,17?/m0/s1. The van der Waals surface area contributed by atoms with Crippen molar-refractivity contribution in [3.63, 3.8) is 0 Å². The molecule has 2 fully saturated rings. The third-order valence-electron chi connectivity index (χ3n) is 5.26. The van der Waals surface area contributed by atoms with Gasteiger partial charge in [0.2, 0.25) is 5.92 Å². The van der Waals surface area contributed by atoms with Crippen LogP contribution in [0.3, 0.4) is 0 Å². The van der Waals surface area contributed by atoms with E-state index in [1.54, 1.807) is 0 Å². The SMILES string of the molecule is Cc1cc(C(C2CC(F)(F)C2)N2C[C@H](C)NC[C@H]2C)ccc1Cl. The molecule has 1 aliphatic carbocycles. The average molecular weight is 343 g/mol. The smallest absolute Gasteiger partial charge is 0.248 e. The van der Waals surface area contributed by atoms with Gasteiger partial charge < -0.3 is 5.32 Å². The van der Waals surface area contributed by atoms with Crippen molar-refractivity contribution >= 4 is 11.6 Å². The largest absolute Gasteiger partial charge is 0.311 e. The van der Waals surface area contributed by atoms with Gasteiger partial charge in [0.05, 0.1) is 0 Å². The number of rotatable bonds is 3. The molecule has 1 saturated carbocycles. The first-order chi connectivity index (χ1) is 10.8. The molecule has 0 amide bonds. The van der Waals surface area contributed by atoms with Gasteiger partial charge in [0.25, 0.3) is 0 Å². The summed E-state index contributed by atoms with van der Waals surface area (Å²) in [5.74, 6) is -2.48. The van der Waals surface area contributed by atoms with Crippen LogP contribution < -0.4 is 5.32 Å². The number of hydrogen-bond acceptors (Lipinski definition) is 2. The molecule has 1 aliphatic heterocycles. The van der Waals surface area contributed by atoms with E-state index in [1.165, 1.54) is 0 Å². The maximum absolute atomic E-state index is 13.5. The molecule has 5 heteroatoms. The highest BCUT2D eigenvalue weighted by atomic mass is 35.5. The van der Waals surface area contributed by atoms with Gasteiger partial charge in [-0.3, -0.25) is 4.90 Å². The molecule has 2 aliphatic rings. The minimum atomic E-state index is -2.49. The molecule has 23 heavy (non-hydrogen) atoms. The fourth-order valence-electron chi connectivity index (χ4n) is 3.95. The Morgan fingerprint density at radius 3 is 2.61 bits per heavy atom. The quantitative estimate of drug-likeness (QED) is 0.875. The summed E-state index contributed by atoms with van der Waals surface area (Å²) in [4.78, 5) is 2.41. The van der Waals surface area contributed by atoms with Crippen LogP contribution in [0.5, 0.6) is 0 Å². The van der Waals surface area contributed by atoms with Crippen LogP contribution in [0.2, 0.25) is 5.02 Å². The predicted octanol–water partition coefficient (Wildman–Crippen LogP) is 4.42. The molecule has 2 nitrogen and oxygen atoms in total. The highest BCUT2D eigenvalue weighted by molar-refractivity contribution is 6.31. The van der Waals surface area contributed by atoms with Crippen LogP contribution in [0.4, 0.5) is 8.78 Å². The maximum atomic E-state index is 13.5. The number of halogens is 3. The van der Waals surface area contributed by atoms with Gasteiger partial charge in [-0.05, 0) is 43.9 Å². The van der Waals surface area contributed by atoms with Crippen LogP contribution >= 0.6 is 11.6 Å². The third kappa shape index (κ3) is 3.54. The lowest BCUT2D eigenvalue weighted by atomic mass is 9.73. The van der Waals surface area contributed by atoms with Crippen LogP contribution in [0, 0.1) is 12.8 Å². The Kier molecular flexibility index (Phi) is 4.69. The zero-order valence-corrected chi connectivity index (χ0v) is 14.7. The average Bonchev–Trinajstić information content (AvgIpc) is 2.45. The van der Waals surface area contributed by atoms with E-state index < -0.39 is 5.92 Å². The minimum Gasteiger partial charge on any atom is -0.311 e. The second kappa shape index (κ2) is 6.30. The fourth-order valence-corrected chi connectivity index (χ4v) is 4.07. The van der Waals surface area contributed by atoms with Crippen molar-refractivity contribution in [3.8, 4) is 0 Å². The van der Waals surface area contributed by atoms with E-state index in [2.05, 4.69) is 30.1 Å². The number of hydrogen-bond donors (Lipinski definition) is 1. The van der Waals surface area contributed by atoms with E-state index in [4.69, 9.17) is 11.6 Å². The Balaban J connectivity index is 1.91. The van der Waals surface area contributed by atoms with Gasteiger partial charge in [0.15, 0.2) is 0 Å². The molecule has 1 saturated heterocycles. The monoisotopic (exact) mass is 342 g/mol. The summed E-state index contributed by atoms with van der Waals surface area (Å²) in [5, 5.41) is 4.20. The van der Waals surface area contributed by atoms with E-state index >= 15 is 0 Å². The van der Waals surface area contributed by atoms with Crippen LogP contribution in [0.15, 0.2) is 18.2 Å². The molecule has 0 radical (unpaired) electrons. The van der Waals surface area contributed by atoms with E-state index in [1.807, 2.05) is 19.1 Å². The molecule has 1 N–H and O–H groups in total. The fraction of sp³-hybridized carbons (Fsp3) is 0.667. The number of benzene rings is 1. The first-order valence-electron chi connectivity index (χ1n) is 8.40. The third-order valence-corrected chi connectivity index (χ3v) is 5.69. The van der Waals surface area contributed by atoms with Crippen molar-refractivity contribution in [2.75, 3.05) is 13.1 Å². The van der Waals surface area contributed by atoms with Crippen molar-refractivity contribution in [1.29, 1.82) is 0 Å². The highest BCUT2D eigenvalue weighted by Gasteiger charge is 2.51. The van der Waals surface area contributed by atoms with Crippen LogP contribution in [0.25, 0.3) is 0 Å². The van der Waals surface area contributed by atoms with Crippen molar-refractivity contribution in [3.05, 3.63) is 34.3 Å². The zero-order chi connectivity index (χ0) is 16.8. The maximum Gasteiger partial charge on any atom is 0.248 e. The van der Waals surface area contributed by atoms with Crippen molar-refractivity contribution in [1.82, 2.24) is 10.2 Å². The second-order valence-electron chi connectivity index (χ2n) is 7.33. The predicted molar refractivity (Wildman–Crippen MR) is 90.2 cm³/mol. The Morgan fingerprint density at radius 2 is 2.00 bits per heavy atom. The first-order valence-corrected chi connectivity index (χ1v) is 8.77. The molecule has 3 rings (SSSR count). The van der Waals surface area contributed by atoms with E-state index in [-0.39, 0.29) is 24.8 Å².